The zero-order valence-electron chi connectivity index (χ0n) is 15.0. The van der Waals surface area contributed by atoms with Crippen LogP contribution in [0.5, 0.6) is 5.75 Å². The van der Waals surface area contributed by atoms with Crippen LogP contribution in [-0.4, -0.2) is 43.7 Å². The molecule has 2 aromatic carbocycles. The van der Waals surface area contributed by atoms with Crippen molar-refractivity contribution < 1.29 is 14.3 Å². The van der Waals surface area contributed by atoms with Gasteiger partial charge in [0.15, 0.2) is 0 Å². The van der Waals surface area contributed by atoms with Gasteiger partial charge in [0.05, 0.1) is 19.8 Å². The molecule has 0 saturated carbocycles. The SMILES string of the molecule is O=C(CCCOc1ccccc1)Nc1ccc(CN2CCOCC2)cc1. The summed E-state index contributed by atoms with van der Waals surface area (Å²) in [7, 11) is 0. The molecule has 1 fully saturated rings. The Hall–Kier alpha value is -2.37. The van der Waals surface area contributed by atoms with Gasteiger partial charge in [-0.1, -0.05) is 30.3 Å². The summed E-state index contributed by atoms with van der Waals surface area (Å²) in [6.45, 7) is 5.03. The first-order chi connectivity index (χ1) is 12.8. The van der Waals surface area contributed by atoms with E-state index in [0.717, 1.165) is 44.3 Å². The summed E-state index contributed by atoms with van der Waals surface area (Å²) in [5, 5.41) is 2.94. The number of amides is 1. The smallest absolute Gasteiger partial charge is 0.224 e. The second-order valence-electron chi connectivity index (χ2n) is 6.40. The largest absolute Gasteiger partial charge is 0.494 e. The molecular formula is C21H26N2O3. The number of hydrogen-bond acceptors (Lipinski definition) is 4. The molecule has 1 aliphatic rings. The predicted octanol–water partition coefficient (Wildman–Crippen LogP) is 3.32. The van der Waals surface area contributed by atoms with E-state index in [9.17, 15) is 4.79 Å². The van der Waals surface area contributed by atoms with Gasteiger partial charge < -0.3 is 14.8 Å². The Morgan fingerprint density at radius 2 is 1.77 bits per heavy atom. The minimum absolute atomic E-state index is 0.0163. The number of hydrogen-bond donors (Lipinski definition) is 1. The molecule has 1 amide bonds. The van der Waals surface area contributed by atoms with Gasteiger partial charge in [0.25, 0.3) is 0 Å². The zero-order chi connectivity index (χ0) is 18.0. The quantitative estimate of drug-likeness (QED) is 0.739. The Kier molecular flexibility index (Phi) is 7.05. The lowest BCUT2D eigenvalue weighted by Gasteiger charge is -2.26. The molecule has 1 heterocycles. The fraction of sp³-hybridized carbons (Fsp3) is 0.381. The van der Waals surface area contributed by atoms with Gasteiger partial charge in [-0.15, -0.1) is 0 Å². The molecule has 2 aromatic rings. The molecule has 0 aromatic heterocycles. The van der Waals surface area contributed by atoms with Crippen molar-refractivity contribution in [2.75, 3.05) is 38.2 Å². The topological polar surface area (TPSA) is 50.8 Å². The minimum Gasteiger partial charge on any atom is -0.494 e. The van der Waals surface area contributed by atoms with E-state index in [-0.39, 0.29) is 5.91 Å². The molecule has 5 nitrogen and oxygen atoms in total. The third-order valence-electron chi connectivity index (χ3n) is 4.31. The highest BCUT2D eigenvalue weighted by Crippen LogP contribution is 2.13. The molecule has 1 N–H and O–H groups in total. The Bertz CT molecular complexity index is 667. The number of rotatable bonds is 8. The molecule has 0 aliphatic carbocycles. The van der Waals surface area contributed by atoms with Gasteiger partial charge in [-0.25, -0.2) is 0 Å². The molecule has 26 heavy (non-hydrogen) atoms. The fourth-order valence-corrected chi connectivity index (χ4v) is 2.87. The van der Waals surface area contributed by atoms with Crippen LogP contribution < -0.4 is 10.1 Å². The average Bonchev–Trinajstić information content (AvgIpc) is 2.68. The lowest BCUT2D eigenvalue weighted by atomic mass is 10.2. The van der Waals surface area contributed by atoms with Crippen molar-refractivity contribution in [2.45, 2.75) is 19.4 Å². The normalized spacial score (nSPS) is 14.8. The summed E-state index contributed by atoms with van der Waals surface area (Å²) < 4.78 is 11.0. The maximum absolute atomic E-state index is 12.0. The molecule has 3 rings (SSSR count). The Balaban J connectivity index is 1.35. The van der Waals surface area contributed by atoms with Crippen LogP contribution in [0, 0.1) is 0 Å². The monoisotopic (exact) mass is 354 g/mol. The van der Waals surface area contributed by atoms with Gasteiger partial charge in [0, 0.05) is 31.7 Å². The number of para-hydroxylation sites is 1. The van der Waals surface area contributed by atoms with Crippen molar-refractivity contribution in [3.8, 4) is 5.75 Å². The van der Waals surface area contributed by atoms with Crippen molar-refractivity contribution in [1.29, 1.82) is 0 Å². The van der Waals surface area contributed by atoms with Gasteiger partial charge in [0.1, 0.15) is 5.75 Å². The van der Waals surface area contributed by atoms with Crippen LogP contribution in [0.1, 0.15) is 18.4 Å². The number of anilines is 1. The van der Waals surface area contributed by atoms with Crippen molar-refractivity contribution in [3.05, 3.63) is 60.2 Å². The Morgan fingerprint density at radius 3 is 2.50 bits per heavy atom. The van der Waals surface area contributed by atoms with Crippen LogP contribution in [0.15, 0.2) is 54.6 Å². The highest BCUT2D eigenvalue weighted by atomic mass is 16.5. The molecule has 1 saturated heterocycles. The van der Waals surface area contributed by atoms with Crippen molar-refractivity contribution in [3.63, 3.8) is 0 Å². The third-order valence-corrected chi connectivity index (χ3v) is 4.31. The van der Waals surface area contributed by atoms with Crippen LogP contribution in [-0.2, 0) is 16.1 Å². The molecular weight excluding hydrogens is 328 g/mol. The van der Waals surface area contributed by atoms with Crippen LogP contribution in [0.3, 0.4) is 0 Å². The molecule has 0 bridgehead atoms. The summed E-state index contributed by atoms with van der Waals surface area (Å²) in [6, 6.07) is 17.7. The second kappa shape index (κ2) is 9.94. The summed E-state index contributed by atoms with van der Waals surface area (Å²) in [5.74, 6) is 0.853. The minimum atomic E-state index is 0.0163. The van der Waals surface area contributed by atoms with Crippen LogP contribution >= 0.6 is 0 Å². The van der Waals surface area contributed by atoms with Crippen molar-refractivity contribution >= 4 is 11.6 Å². The molecule has 0 atom stereocenters. The van der Waals surface area contributed by atoms with E-state index in [1.165, 1.54) is 5.56 Å². The van der Waals surface area contributed by atoms with E-state index in [1.807, 2.05) is 42.5 Å². The van der Waals surface area contributed by atoms with Gasteiger partial charge in [-0.05, 0) is 36.2 Å². The van der Waals surface area contributed by atoms with Gasteiger partial charge >= 0.3 is 0 Å². The number of carbonyl (C=O) groups is 1. The van der Waals surface area contributed by atoms with E-state index in [1.54, 1.807) is 0 Å². The molecule has 0 spiro atoms. The number of ether oxygens (including phenoxy) is 2. The summed E-state index contributed by atoms with van der Waals surface area (Å²) >= 11 is 0. The molecule has 138 valence electrons. The molecule has 0 radical (unpaired) electrons. The standard InChI is InChI=1S/C21H26N2O3/c24-21(7-4-14-26-20-5-2-1-3-6-20)22-19-10-8-18(9-11-19)17-23-12-15-25-16-13-23/h1-3,5-6,8-11H,4,7,12-17H2,(H,22,24). The molecule has 5 heteroatoms. The number of morpholine rings is 1. The first-order valence-corrected chi connectivity index (χ1v) is 9.16. The zero-order valence-corrected chi connectivity index (χ0v) is 15.0. The summed E-state index contributed by atoms with van der Waals surface area (Å²) in [5.41, 5.74) is 2.09. The lowest BCUT2D eigenvalue weighted by Crippen LogP contribution is -2.35. The van der Waals surface area contributed by atoms with Crippen molar-refractivity contribution in [1.82, 2.24) is 4.90 Å². The van der Waals surface area contributed by atoms with E-state index in [0.29, 0.717) is 19.4 Å². The number of nitrogens with zero attached hydrogens (tertiary/aromatic N) is 1. The van der Waals surface area contributed by atoms with Crippen LogP contribution in [0.4, 0.5) is 5.69 Å². The van der Waals surface area contributed by atoms with Crippen LogP contribution in [0.2, 0.25) is 0 Å². The van der Waals surface area contributed by atoms with E-state index in [4.69, 9.17) is 9.47 Å². The average molecular weight is 354 g/mol. The van der Waals surface area contributed by atoms with Crippen LogP contribution in [0.25, 0.3) is 0 Å². The number of benzene rings is 2. The summed E-state index contributed by atoms with van der Waals surface area (Å²) in [4.78, 5) is 14.4. The van der Waals surface area contributed by atoms with Gasteiger partial charge in [0.2, 0.25) is 5.91 Å². The first kappa shape index (κ1) is 18.4. The van der Waals surface area contributed by atoms with E-state index < -0.39 is 0 Å². The number of carbonyl (C=O) groups excluding carboxylic acids is 1. The van der Waals surface area contributed by atoms with E-state index >= 15 is 0 Å². The van der Waals surface area contributed by atoms with Gasteiger partial charge in [-0.3, -0.25) is 9.69 Å². The lowest BCUT2D eigenvalue weighted by molar-refractivity contribution is -0.116. The Morgan fingerprint density at radius 1 is 1.04 bits per heavy atom. The first-order valence-electron chi connectivity index (χ1n) is 9.16. The van der Waals surface area contributed by atoms with Crippen molar-refractivity contribution in [2.24, 2.45) is 0 Å². The second-order valence-corrected chi connectivity index (χ2v) is 6.40. The van der Waals surface area contributed by atoms with Gasteiger partial charge in [-0.2, -0.15) is 0 Å². The maximum Gasteiger partial charge on any atom is 0.224 e. The molecule has 1 aliphatic heterocycles. The number of nitrogens with one attached hydrogen (secondary N) is 1. The third kappa shape index (κ3) is 6.17. The highest BCUT2D eigenvalue weighted by Gasteiger charge is 2.10. The highest BCUT2D eigenvalue weighted by molar-refractivity contribution is 5.90. The summed E-state index contributed by atoms with van der Waals surface area (Å²) in [6.07, 6.45) is 1.14. The predicted molar refractivity (Wildman–Crippen MR) is 102 cm³/mol. The van der Waals surface area contributed by atoms with E-state index in [2.05, 4.69) is 22.3 Å². The molecule has 0 unspecified atom stereocenters. The maximum atomic E-state index is 12.0. The fourth-order valence-electron chi connectivity index (χ4n) is 2.87. The Labute approximate surface area is 154 Å².